The number of hydrogen-bond donors (Lipinski definition) is 0. The van der Waals surface area contributed by atoms with Crippen LogP contribution >= 0.6 is 0 Å². The van der Waals surface area contributed by atoms with Gasteiger partial charge in [0.2, 0.25) is 5.67 Å². The van der Waals surface area contributed by atoms with E-state index in [1.54, 1.807) is 0 Å². The lowest BCUT2D eigenvalue weighted by atomic mass is 9.94. The van der Waals surface area contributed by atoms with Crippen LogP contribution in [0.3, 0.4) is 0 Å². The van der Waals surface area contributed by atoms with Crippen LogP contribution in [0.1, 0.15) is 56.2 Å². The van der Waals surface area contributed by atoms with Gasteiger partial charge in [-0.25, -0.2) is 4.39 Å². The molecule has 1 atom stereocenters. The van der Waals surface area contributed by atoms with Gasteiger partial charge in [0.15, 0.2) is 5.82 Å². The van der Waals surface area contributed by atoms with Gasteiger partial charge in [0.1, 0.15) is 0 Å². The summed E-state index contributed by atoms with van der Waals surface area (Å²) in [5.41, 5.74) is -1.42. The summed E-state index contributed by atoms with van der Waals surface area (Å²) in [5.74, 6) is 2.15. The van der Waals surface area contributed by atoms with Crippen LogP contribution in [0.4, 0.5) is 4.39 Å². The van der Waals surface area contributed by atoms with E-state index in [-0.39, 0.29) is 5.89 Å². The van der Waals surface area contributed by atoms with Gasteiger partial charge in [-0.1, -0.05) is 5.16 Å². The van der Waals surface area contributed by atoms with E-state index < -0.39 is 5.67 Å². The molecule has 1 unspecified atom stereocenters. The zero-order valence-corrected chi connectivity index (χ0v) is 11.1. The van der Waals surface area contributed by atoms with Gasteiger partial charge >= 0.3 is 0 Å². The third-order valence-electron chi connectivity index (χ3n) is 4.50. The van der Waals surface area contributed by atoms with Crippen molar-refractivity contribution in [3.05, 3.63) is 11.7 Å². The Morgan fingerprint density at radius 1 is 1.32 bits per heavy atom. The van der Waals surface area contributed by atoms with Gasteiger partial charge in [-0.15, -0.1) is 0 Å². The van der Waals surface area contributed by atoms with Gasteiger partial charge in [-0.3, -0.25) is 4.90 Å². The maximum atomic E-state index is 15.1. The highest BCUT2D eigenvalue weighted by molar-refractivity contribution is 5.08. The molecule has 0 aromatic carbocycles. The molecule has 1 aliphatic heterocycles. The molecule has 2 saturated carbocycles. The van der Waals surface area contributed by atoms with Crippen LogP contribution in [0.5, 0.6) is 0 Å². The van der Waals surface area contributed by atoms with E-state index in [0.29, 0.717) is 24.7 Å². The zero-order valence-electron chi connectivity index (χ0n) is 11.1. The van der Waals surface area contributed by atoms with Crippen LogP contribution in [-0.2, 0) is 5.67 Å². The zero-order chi connectivity index (χ0) is 12.9. The molecule has 0 amide bonds. The number of nitrogens with zero attached hydrogens (tertiary/aromatic N) is 3. The summed E-state index contributed by atoms with van der Waals surface area (Å²) >= 11 is 0. The maximum absolute atomic E-state index is 15.1. The fraction of sp³-hybridized carbons (Fsp3) is 0.857. The first-order valence-electron chi connectivity index (χ1n) is 7.48. The second kappa shape index (κ2) is 4.27. The van der Waals surface area contributed by atoms with Crippen molar-refractivity contribution in [3.8, 4) is 0 Å². The second-order valence-electron chi connectivity index (χ2n) is 6.48. The van der Waals surface area contributed by atoms with Crippen molar-refractivity contribution in [2.45, 2.75) is 50.1 Å². The van der Waals surface area contributed by atoms with E-state index in [0.717, 1.165) is 38.3 Å². The summed E-state index contributed by atoms with van der Waals surface area (Å²) in [6.45, 7) is 2.47. The van der Waals surface area contributed by atoms with Crippen molar-refractivity contribution >= 4 is 0 Å². The largest absolute Gasteiger partial charge is 0.336 e. The molecule has 3 fully saturated rings. The minimum atomic E-state index is -1.42. The molecule has 0 radical (unpaired) electrons. The number of alkyl halides is 1. The molecule has 0 bridgehead atoms. The van der Waals surface area contributed by atoms with Crippen LogP contribution in [0, 0.1) is 5.92 Å². The molecule has 2 aliphatic carbocycles. The molecular weight excluding hydrogens is 245 g/mol. The molecular formula is C14H20FN3O. The first-order chi connectivity index (χ1) is 9.23. The van der Waals surface area contributed by atoms with E-state index in [1.165, 1.54) is 12.8 Å². The van der Waals surface area contributed by atoms with Crippen molar-refractivity contribution in [1.29, 1.82) is 0 Å². The maximum Gasteiger partial charge on any atom is 0.265 e. The summed E-state index contributed by atoms with van der Waals surface area (Å²) in [4.78, 5) is 6.56. The Kier molecular flexibility index (Phi) is 2.65. The smallest absolute Gasteiger partial charge is 0.265 e. The lowest BCUT2D eigenvalue weighted by molar-refractivity contribution is 0.0140. The van der Waals surface area contributed by atoms with E-state index in [1.807, 2.05) is 0 Å². The van der Waals surface area contributed by atoms with Gasteiger partial charge in [0.05, 0.1) is 0 Å². The highest BCUT2D eigenvalue weighted by Crippen LogP contribution is 2.41. The summed E-state index contributed by atoms with van der Waals surface area (Å²) in [7, 11) is 0. The summed E-state index contributed by atoms with van der Waals surface area (Å²) in [5, 5.41) is 3.95. The van der Waals surface area contributed by atoms with Crippen molar-refractivity contribution < 1.29 is 8.91 Å². The quantitative estimate of drug-likeness (QED) is 0.839. The molecule has 4 rings (SSSR count). The van der Waals surface area contributed by atoms with Crippen LogP contribution < -0.4 is 0 Å². The molecule has 1 aromatic rings. The molecule has 3 aliphatic rings. The fourth-order valence-electron chi connectivity index (χ4n) is 3.02. The first kappa shape index (κ1) is 11.8. The molecule has 1 aromatic heterocycles. The third kappa shape index (κ3) is 2.40. The Bertz CT molecular complexity index is 469. The number of aromatic nitrogens is 2. The monoisotopic (exact) mass is 265 g/mol. The lowest BCUT2D eigenvalue weighted by Gasteiger charge is -2.35. The number of likely N-dealkylation sites (tertiary alicyclic amines) is 1. The minimum absolute atomic E-state index is 0.217. The topological polar surface area (TPSA) is 42.2 Å². The first-order valence-corrected chi connectivity index (χ1v) is 7.48. The number of rotatable bonds is 4. The predicted molar refractivity (Wildman–Crippen MR) is 67.5 cm³/mol. The highest BCUT2D eigenvalue weighted by Gasteiger charge is 2.44. The Balaban J connectivity index is 1.49. The van der Waals surface area contributed by atoms with Crippen LogP contribution in [0.2, 0.25) is 0 Å². The third-order valence-corrected chi connectivity index (χ3v) is 4.50. The Labute approximate surface area is 112 Å². The predicted octanol–water partition coefficient (Wildman–Crippen LogP) is 2.62. The lowest BCUT2D eigenvalue weighted by Crippen LogP contribution is -2.44. The molecule has 19 heavy (non-hydrogen) atoms. The van der Waals surface area contributed by atoms with Crippen molar-refractivity contribution in [2.24, 2.45) is 5.92 Å². The summed E-state index contributed by atoms with van der Waals surface area (Å²) < 4.78 is 20.3. The second-order valence-corrected chi connectivity index (χ2v) is 6.48. The van der Waals surface area contributed by atoms with Gasteiger partial charge in [-0.2, -0.15) is 4.98 Å². The van der Waals surface area contributed by atoms with E-state index in [4.69, 9.17) is 4.52 Å². The van der Waals surface area contributed by atoms with Gasteiger partial charge < -0.3 is 4.52 Å². The van der Waals surface area contributed by atoms with Crippen LogP contribution in [0.15, 0.2) is 4.52 Å². The Hall–Kier alpha value is -0.970. The number of piperidine rings is 1. The SMILES string of the molecule is FC1(c2nc(C3CC3)no2)CCCN(CC2CC2)C1. The van der Waals surface area contributed by atoms with E-state index in [2.05, 4.69) is 15.0 Å². The summed E-state index contributed by atoms with van der Waals surface area (Å²) in [6.07, 6.45) is 6.24. The summed E-state index contributed by atoms with van der Waals surface area (Å²) in [6, 6.07) is 0. The molecule has 4 nitrogen and oxygen atoms in total. The average molecular weight is 265 g/mol. The van der Waals surface area contributed by atoms with Crippen molar-refractivity contribution in [2.75, 3.05) is 19.6 Å². The highest BCUT2D eigenvalue weighted by atomic mass is 19.1. The molecule has 2 heterocycles. The average Bonchev–Trinajstić information content (AvgIpc) is 3.31. The normalized spacial score (nSPS) is 32.7. The standard InChI is InChI=1S/C14H20FN3O/c15-14(13-16-12(17-19-13)11-4-5-11)6-1-7-18(9-14)8-10-2-3-10/h10-11H,1-9H2. The molecule has 5 heteroatoms. The molecule has 1 saturated heterocycles. The van der Waals surface area contributed by atoms with Crippen molar-refractivity contribution in [3.63, 3.8) is 0 Å². The van der Waals surface area contributed by atoms with Gasteiger partial charge in [0, 0.05) is 19.0 Å². The minimum Gasteiger partial charge on any atom is -0.336 e. The van der Waals surface area contributed by atoms with Crippen LogP contribution in [-0.4, -0.2) is 34.7 Å². The Morgan fingerprint density at radius 2 is 2.16 bits per heavy atom. The molecule has 0 spiro atoms. The fourth-order valence-corrected chi connectivity index (χ4v) is 3.02. The molecule has 104 valence electrons. The van der Waals surface area contributed by atoms with E-state index in [9.17, 15) is 0 Å². The van der Waals surface area contributed by atoms with Crippen LogP contribution in [0.25, 0.3) is 0 Å². The Morgan fingerprint density at radius 3 is 2.89 bits per heavy atom. The number of halogens is 1. The molecule has 0 N–H and O–H groups in total. The van der Waals surface area contributed by atoms with E-state index >= 15 is 4.39 Å². The number of hydrogen-bond acceptors (Lipinski definition) is 4. The van der Waals surface area contributed by atoms with Gasteiger partial charge in [-0.05, 0) is 51.0 Å². The van der Waals surface area contributed by atoms with Gasteiger partial charge in [0.25, 0.3) is 5.89 Å². The van der Waals surface area contributed by atoms with Crippen molar-refractivity contribution in [1.82, 2.24) is 15.0 Å².